The number of nitrogens with one attached hydrogen (secondary N) is 1. The van der Waals surface area contributed by atoms with E-state index in [0.29, 0.717) is 5.69 Å². The lowest BCUT2D eigenvalue weighted by Crippen LogP contribution is -2.48. The topological polar surface area (TPSA) is 54.0 Å². The Morgan fingerprint density at radius 1 is 1.13 bits per heavy atom. The molecule has 4 rings (SSSR count). The van der Waals surface area contributed by atoms with Gasteiger partial charge >= 0.3 is 6.61 Å². The van der Waals surface area contributed by atoms with Gasteiger partial charge in [-0.1, -0.05) is 23.7 Å². The quantitative estimate of drug-likeness (QED) is 0.696. The molecule has 6 nitrogen and oxygen atoms in total. The van der Waals surface area contributed by atoms with Gasteiger partial charge in [-0.15, -0.1) is 0 Å². The average Bonchev–Trinajstić information content (AvgIpc) is 3.19. The number of rotatable bonds is 7. The van der Waals surface area contributed by atoms with Crippen molar-refractivity contribution in [3.63, 3.8) is 0 Å². The van der Waals surface area contributed by atoms with E-state index in [1.54, 1.807) is 0 Å². The fourth-order valence-corrected chi connectivity index (χ4v) is 4.10. The molecule has 0 spiro atoms. The first kappa shape index (κ1) is 21.8. The smallest absolute Gasteiger partial charge is 0.387 e. The molecule has 2 aliphatic heterocycles. The molecule has 2 aliphatic rings. The van der Waals surface area contributed by atoms with Gasteiger partial charge in [-0.3, -0.25) is 14.6 Å². The largest absolute Gasteiger partial charge is 0.493 e. The van der Waals surface area contributed by atoms with E-state index in [-0.39, 0.29) is 23.2 Å². The molecule has 0 aliphatic carbocycles. The molecule has 9 heteroatoms. The normalized spacial score (nSPS) is 16.8. The molecule has 0 radical (unpaired) electrons. The van der Waals surface area contributed by atoms with Crippen molar-refractivity contribution in [2.45, 2.75) is 19.6 Å². The first-order chi connectivity index (χ1) is 15.0. The van der Waals surface area contributed by atoms with E-state index in [1.807, 2.05) is 0 Å². The van der Waals surface area contributed by atoms with Gasteiger partial charge in [0.25, 0.3) is 0 Å². The number of benzene rings is 2. The molecule has 0 saturated carbocycles. The van der Waals surface area contributed by atoms with Crippen LogP contribution in [0.4, 0.5) is 14.5 Å². The second-order valence-electron chi connectivity index (χ2n) is 7.66. The van der Waals surface area contributed by atoms with Crippen LogP contribution in [0.2, 0.25) is 5.02 Å². The lowest BCUT2D eigenvalue weighted by atomic mass is 10.1. The maximum atomic E-state index is 12.4. The van der Waals surface area contributed by atoms with Crippen molar-refractivity contribution in [3.8, 4) is 11.5 Å². The molecule has 0 unspecified atom stereocenters. The Bertz CT molecular complexity index is 936. The van der Waals surface area contributed by atoms with Crippen LogP contribution in [-0.2, 0) is 17.8 Å². The van der Waals surface area contributed by atoms with Crippen LogP contribution in [-0.4, -0.2) is 61.6 Å². The molecule has 2 aromatic carbocycles. The molecule has 0 aromatic heterocycles. The van der Waals surface area contributed by atoms with E-state index < -0.39 is 6.61 Å². The maximum absolute atomic E-state index is 12.4. The molecule has 1 fully saturated rings. The predicted octanol–water partition coefficient (Wildman–Crippen LogP) is 3.63. The Morgan fingerprint density at radius 3 is 2.65 bits per heavy atom. The summed E-state index contributed by atoms with van der Waals surface area (Å²) in [6.07, 6.45) is 0.971. The Morgan fingerprint density at radius 2 is 1.90 bits per heavy atom. The van der Waals surface area contributed by atoms with Gasteiger partial charge < -0.3 is 14.8 Å². The van der Waals surface area contributed by atoms with Crippen molar-refractivity contribution in [3.05, 3.63) is 52.5 Å². The molecule has 0 atom stereocenters. The zero-order chi connectivity index (χ0) is 21.8. The van der Waals surface area contributed by atoms with E-state index in [9.17, 15) is 13.6 Å². The highest BCUT2D eigenvalue weighted by molar-refractivity contribution is 6.32. The van der Waals surface area contributed by atoms with Crippen LogP contribution in [0.25, 0.3) is 0 Å². The number of amides is 1. The molecule has 1 amide bonds. The third kappa shape index (κ3) is 5.84. The summed E-state index contributed by atoms with van der Waals surface area (Å²) < 4.78 is 34.5. The second-order valence-corrected chi connectivity index (χ2v) is 8.07. The first-order valence-corrected chi connectivity index (χ1v) is 10.6. The van der Waals surface area contributed by atoms with Crippen LogP contribution >= 0.6 is 11.6 Å². The summed E-state index contributed by atoms with van der Waals surface area (Å²) >= 11 is 5.93. The molecule has 1 N–H and O–H groups in total. The Hall–Kier alpha value is -2.42. The molecule has 2 aromatic rings. The zero-order valence-electron chi connectivity index (χ0n) is 17.0. The van der Waals surface area contributed by atoms with Crippen LogP contribution in [0.3, 0.4) is 0 Å². The summed E-state index contributed by atoms with van der Waals surface area (Å²) in [5.74, 6) is 0.699. The Labute approximate surface area is 184 Å². The number of carbonyl (C=O) groups excluding carboxylic acids is 1. The number of alkyl halides is 2. The van der Waals surface area contributed by atoms with Crippen molar-refractivity contribution in [2.24, 2.45) is 0 Å². The number of halogens is 3. The van der Waals surface area contributed by atoms with Gasteiger partial charge in [0.15, 0.2) is 0 Å². The summed E-state index contributed by atoms with van der Waals surface area (Å²) in [6.45, 7) is 2.31. The predicted molar refractivity (Wildman–Crippen MR) is 114 cm³/mol. The van der Waals surface area contributed by atoms with E-state index >= 15 is 0 Å². The van der Waals surface area contributed by atoms with E-state index in [1.165, 1.54) is 29.3 Å². The van der Waals surface area contributed by atoms with Crippen LogP contribution in [0.5, 0.6) is 11.5 Å². The van der Waals surface area contributed by atoms with Crippen molar-refractivity contribution >= 4 is 23.2 Å². The standard InChI is InChI=1S/C22H24ClF2N3O3/c23-18-12-17(2-4-20(18)31-22(24)25)26-21(29)14-28-8-6-27(7-9-28)13-15-1-3-19-16(11-15)5-10-30-19/h1-4,11-12,22H,5-10,13-14H2,(H,26,29). The summed E-state index contributed by atoms with van der Waals surface area (Å²) in [6, 6.07) is 10.6. The van der Waals surface area contributed by atoms with Gasteiger partial charge in [0.05, 0.1) is 18.2 Å². The van der Waals surface area contributed by atoms with Gasteiger partial charge in [0, 0.05) is 44.8 Å². The van der Waals surface area contributed by atoms with E-state index in [0.717, 1.165) is 51.5 Å². The fourth-order valence-electron chi connectivity index (χ4n) is 3.88. The second kappa shape index (κ2) is 9.80. The maximum Gasteiger partial charge on any atom is 0.387 e. The SMILES string of the molecule is O=C(CN1CCN(Cc2ccc3c(c2)CCO3)CC1)Nc1ccc(OC(F)F)c(Cl)c1. The molecule has 2 heterocycles. The molecular weight excluding hydrogens is 428 g/mol. The lowest BCUT2D eigenvalue weighted by Gasteiger charge is -2.34. The average molecular weight is 452 g/mol. The highest BCUT2D eigenvalue weighted by Gasteiger charge is 2.20. The summed E-state index contributed by atoms with van der Waals surface area (Å²) in [7, 11) is 0. The van der Waals surface area contributed by atoms with Crippen molar-refractivity contribution in [2.75, 3.05) is 44.6 Å². The van der Waals surface area contributed by atoms with Crippen LogP contribution in [0, 0.1) is 0 Å². The lowest BCUT2D eigenvalue weighted by molar-refractivity contribution is -0.117. The minimum atomic E-state index is -2.95. The number of carbonyl (C=O) groups is 1. The number of piperazine rings is 1. The van der Waals surface area contributed by atoms with E-state index in [2.05, 4.69) is 38.1 Å². The van der Waals surface area contributed by atoms with Crippen LogP contribution < -0.4 is 14.8 Å². The third-order valence-electron chi connectivity index (χ3n) is 5.42. The highest BCUT2D eigenvalue weighted by Crippen LogP contribution is 2.29. The van der Waals surface area contributed by atoms with E-state index in [4.69, 9.17) is 16.3 Å². The Kier molecular flexibility index (Phi) is 6.89. The molecule has 1 saturated heterocycles. The number of hydrogen-bond acceptors (Lipinski definition) is 5. The number of ether oxygens (including phenoxy) is 2. The molecule has 31 heavy (non-hydrogen) atoms. The molecule has 166 valence electrons. The third-order valence-corrected chi connectivity index (χ3v) is 5.72. The van der Waals surface area contributed by atoms with Gasteiger partial charge in [-0.05, 0) is 35.4 Å². The summed E-state index contributed by atoms with van der Waals surface area (Å²) in [5.41, 5.74) is 3.00. The summed E-state index contributed by atoms with van der Waals surface area (Å²) in [5, 5.41) is 2.77. The molecular formula is C22H24ClF2N3O3. The molecule has 0 bridgehead atoms. The zero-order valence-corrected chi connectivity index (χ0v) is 17.7. The monoisotopic (exact) mass is 451 g/mol. The number of anilines is 1. The highest BCUT2D eigenvalue weighted by atomic mass is 35.5. The first-order valence-electron chi connectivity index (χ1n) is 10.2. The van der Waals surface area contributed by atoms with Crippen LogP contribution in [0.15, 0.2) is 36.4 Å². The number of hydrogen-bond donors (Lipinski definition) is 1. The minimum Gasteiger partial charge on any atom is -0.493 e. The van der Waals surface area contributed by atoms with Gasteiger partial charge in [0.2, 0.25) is 5.91 Å². The van der Waals surface area contributed by atoms with Gasteiger partial charge in [-0.2, -0.15) is 8.78 Å². The van der Waals surface area contributed by atoms with Gasteiger partial charge in [-0.25, -0.2) is 0 Å². The van der Waals surface area contributed by atoms with Crippen molar-refractivity contribution in [1.82, 2.24) is 9.80 Å². The van der Waals surface area contributed by atoms with Crippen molar-refractivity contribution in [1.29, 1.82) is 0 Å². The number of fused-ring (bicyclic) bond motifs is 1. The van der Waals surface area contributed by atoms with Gasteiger partial charge in [0.1, 0.15) is 11.5 Å². The number of nitrogens with zero attached hydrogens (tertiary/aromatic N) is 2. The summed E-state index contributed by atoms with van der Waals surface area (Å²) in [4.78, 5) is 16.8. The minimum absolute atomic E-state index is 0.0184. The van der Waals surface area contributed by atoms with Crippen molar-refractivity contribution < 1.29 is 23.0 Å². The fraction of sp³-hybridized carbons (Fsp3) is 0.409. The van der Waals surface area contributed by atoms with Crippen LogP contribution in [0.1, 0.15) is 11.1 Å². The Balaban J connectivity index is 1.22.